The van der Waals surface area contributed by atoms with Gasteiger partial charge in [-0.3, -0.25) is 4.98 Å². The Bertz CT molecular complexity index is 470. The highest BCUT2D eigenvalue weighted by molar-refractivity contribution is 7.99. The van der Waals surface area contributed by atoms with Crippen molar-refractivity contribution in [1.82, 2.24) is 15.2 Å². The van der Waals surface area contributed by atoms with Gasteiger partial charge in [-0.25, -0.2) is 0 Å². The smallest absolute Gasteiger partial charge is 0.276 e. The number of thioether (sulfide) groups is 1. The molecule has 1 aliphatic rings. The van der Waals surface area contributed by atoms with Gasteiger partial charge in [0, 0.05) is 23.7 Å². The minimum Gasteiger partial charge on any atom is -0.411 e. The number of hydrogen-bond acceptors (Lipinski definition) is 6. The van der Waals surface area contributed by atoms with Crippen molar-refractivity contribution in [3.8, 4) is 11.5 Å². The molecule has 0 amide bonds. The van der Waals surface area contributed by atoms with Crippen LogP contribution in [-0.4, -0.2) is 33.6 Å². The molecule has 82 valence electrons. The van der Waals surface area contributed by atoms with Crippen molar-refractivity contribution in [2.24, 2.45) is 0 Å². The van der Waals surface area contributed by atoms with E-state index in [4.69, 9.17) is 9.15 Å². The highest BCUT2D eigenvalue weighted by Crippen LogP contribution is 2.25. The summed E-state index contributed by atoms with van der Waals surface area (Å²) in [7, 11) is 0. The summed E-state index contributed by atoms with van der Waals surface area (Å²) in [4.78, 5) is 3.93. The third-order valence-corrected chi connectivity index (χ3v) is 3.08. The van der Waals surface area contributed by atoms with Gasteiger partial charge in [0.1, 0.15) is 0 Å². The lowest BCUT2D eigenvalue weighted by Crippen LogP contribution is -1.87. The van der Waals surface area contributed by atoms with Crippen LogP contribution in [0.25, 0.3) is 11.5 Å². The standard InChI is InChI=1S/C10H9N3O2S/c1-3-11-4-2-7(1)9-12-13-10(15-9)16-6-8-5-14-8/h1-4,8H,5-6H2. The molecular weight excluding hydrogens is 226 g/mol. The Morgan fingerprint density at radius 1 is 1.31 bits per heavy atom. The van der Waals surface area contributed by atoms with Crippen LogP contribution < -0.4 is 0 Å². The van der Waals surface area contributed by atoms with Crippen molar-refractivity contribution < 1.29 is 9.15 Å². The normalized spacial score (nSPS) is 18.6. The van der Waals surface area contributed by atoms with Gasteiger partial charge in [-0.05, 0) is 12.1 Å². The molecule has 1 unspecified atom stereocenters. The van der Waals surface area contributed by atoms with Crippen molar-refractivity contribution in [1.29, 1.82) is 0 Å². The SMILES string of the molecule is c1cc(-c2nnc(SCC3CO3)o2)ccn1. The van der Waals surface area contributed by atoms with E-state index in [2.05, 4.69) is 15.2 Å². The lowest BCUT2D eigenvalue weighted by molar-refractivity contribution is 0.424. The molecular formula is C10H9N3O2S. The fourth-order valence-electron chi connectivity index (χ4n) is 1.21. The van der Waals surface area contributed by atoms with Crippen LogP contribution in [0.1, 0.15) is 0 Å². The molecule has 1 fully saturated rings. The van der Waals surface area contributed by atoms with E-state index in [-0.39, 0.29) is 0 Å². The van der Waals surface area contributed by atoms with Crippen LogP contribution in [0.4, 0.5) is 0 Å². The monoisotopic (exact) mass is 235 g/mol. The Kier molecular flexibility index (Phi) is 2.59. The van der Waals surface area contributed by atoms with Crippen molar-refractivity contribution in [3.63, 3.8) is 0 Å². The topological polar surface area (TPSA) is 64.3 Å². The third kappa shape index (κ3) is 2.23. The Labute approximate surface area is 96.2 Å². The zero-order valence-corrected chi connectivity index (χ0v) is 9.18. The molecule has 3 heterocycles. The number of nitrogens with zero attached hydrogens (tertiary/aromatic N) is 3. The van der Waals surface area contributed by atoms with Crippen LogP contribution in [0.2, 0.25) is 0 Å². The molecule has 1 saturated heterocycles. The van der Waals surface area contributed by atoms with Gasteiger partial charge in [0.25, 0.3) is 5.22 Å². The summed E-state index contributed by atoms with van der Waals surface area (Å²) in [6.07, 6.45) is 3.76. The molecule has 0 aliphatic carbocycles. The molecule has 0 saturated carbocycles. The van der Waals surface area contributed by atoms with Crippen molar-refractivity contribution in [2.75, 3.05) is 12.4 Å². The lowest BCUT2D eigenvalue weighted by atomic mass is 10.3. The molecule has 0 radical (unpaired) electrons. The molecule has 1 atom stereocenters. The predicted molar refractivity (Wildman–Crippen MR) is 58.0 cm³/mol. The number of epoxide rings is 1. The van der Waals surface area contributed by atoms with Crippen LogP contribution in [0.5, 0.6) is 0 Å². The van der Waals surface area contributed by atoms with Gasteiger partial charge in [0.05, 0.1) is 12.7 Å². The first-order valence-electron chi connectivity index (χ1n) is 4.90. The molecule has 2 aromatic heterocycles. The Hall–Kier alpha value is -1.40. The van der Waals surface area contributed by atoms with Gasteiger partial charge < -0.3 is 9.15 Å². The fourth-order valence-corrected chi connectivity index (χ4v) is 1.97. The van der Waals surface area contributed by atoms with E-state index < -0.39 is 0 Å². The predicted octanol–water partition coefficient (Wildman–Crippen LogP) is 1.62. The highest BCUT2D eigenvalue weighted by Gasteiger charge is 2.23. The van der Waals surface area contributed by atoms with Crippen LogP contribution in [-0.2, 0) is 4.74 Å². The van der Waals surface area contributed by atoms with Crippen LogP contribution >= 0.6 is 11.8 Å². The van der Waals surface area contributed by atoms with E-state index in [1.54, 1.807) is 12.4 Å². The Morgan fingerprint density at radius 2 is 2.12 bits per heavy atom. The zero-order valence-electron chi connectivity index (χ0n) is 8.37. The minimum atomic E-state index is 0.362. The number of hydrogen-bond donors (Lipinski definition) is 0. The summed E-state index contributed by atoms with van der Waals surface area (Å²) in [6, 6.07) is 3.68. The first-order valence-corrected chi connectivity index (χ1v) is 5.89. The summed E-state index contributed by atoms with van der Waals surface area (Å²) in [6.45, 7) is 0.846. The van der Waals surface area contributed by atoms with Gasteiger partial charge in [-0.15, -0.1) is 10.2 Å². The molecule has 16 heavy (non-hydrogen) atoms. The quantitative estimate of drug-likeness (QED) is 0.592. The summed E-state index contributed by atoms with van der Waals surface area (Å²) in [5, 5.41) is 8.53. The van der Waals surface area contributed by atoms with E-state index in [0.29, 0.717) is 17.2 Å². The largest absolute Gasteiger partial charge is 0.411 e. The maximum atomic E-state index is 5.51. The Morgan fingerprint density at radius 3 is 2.88 bits per heavy atom. The molecule has 2 aromatic rings. The van der Waals surface area contributed by atoms with Crippen molar-refractivity contribution >= 4 is 11.8 Å². The lowest BCUT2D eigenvalue weighted by Gasteiger charge is -1.92. The van der Waals surface area contributed by atoms with E-state index >= 15 is 0 Å². The van der Waals surface area contributed by atoms with E-state index in [9.17, 15) is 0 Å². The number of aromatic nitrogens is 3. The number of rotatable bonds is 4. The van der Waals surface area contributed by atoms with E-state index in [0.717, 1.165) is 17.9 Å². The van der Waals surface area contributed by atoms with Crippen molar-refractivity contribution in [2.45, 2.75) is 11.3 Å². The average molecular weight is 235 g/mol. The highest BCUT2D eigenvalue weighted by atomic mass is 32.2. The first kappa shape index (κ1) is 9.80. The second-order valence-corrected chi connectivity index (χ2v) is 4.35. The molecule has 0 spiro atoms. The molecule has 0 bridgehead atoms. The number of ether oxygens (including phenoxy) is 1. The molecule has 0 aromatic carbocycles. The molecule has 1 aliphatic heterocycles. The second-order valence-electron chi connectivity index (χ2n) is 3.38. The van der Waals surface area contributed by atoms with Gasteiger partial charge in [-0.2, -0.15) is 0 Å². The molecule has 6 heteroatoms. The van der Waals surface area contributed by atoms with Crippen LogP contribution in [0, 0.1) is 0 Å². The summed E-state index contributed by atoms with van der Waals surface area (Å²) >= 11 is 1.53. The minimum absolute atomic E-state index is 0.362. The van der Waals surface area contributed by atoms with Crippen LogP contribution in [0.3, 0.4) is 0 Å². The van der Waals surface area contributed by atoms with Gasteiger partial charge >= 0.3 is 0 Å². The van der Waals surface area contributed by atoms with Gasteiger partial charge in [0.15, 0.2) is 0 Å². The summed E-state index contributed by atoms with van der Waals surface area (Å²) in [5.74, 6) is 1.40. The summed E-state index contributed by atoms with van der Waals surface area (Å²) < 4.78 is 10.6. The fraction of sp³-hybridized carbons (Fsp3) is 0.300. The molecule has 3 rings (SSSR count). The maximum Gasteiger partial charge on any atom is 0.276 e. The maximum absolute atomic E-state index is 5.51. The van der Waals surface area contributed by atoms with Crippen molar-refractivity contribution in [3.05, 3.63) is 24.5 Å². The second kappa shape index (κ2) is 4.23. The Balaban J connectivity index is 1.71. The third-order valence-electron chi connectivity index (χ3n) is 2.13. The molecule has 5 nitrogen and oxygen atoms in total. The van der Waals surface area contributed by atoms with E-state index in [1.807, 2.05) is 12.1 Å². The molecule has 0 N–H and O–H groups in total. The van der Waals surface area contributed by atoms with Gasteiger partial charge in [0.2, 0.25) is 5.89 Å². The van der Waals surface area contributed by atoms with Gasteiger partial charge in [-0.1, -0.05) is 11.8 Å². The summed E-state index contributed by atoms with van der Waals surface area (Å²) in [5.41, 5.74) is 0.886. The van der Waals surface area contributed by atoms with Crippen LogP contribution in [0.15, 0.2) is 34.2 Å². The zero-order chi connectivity index (χ0) is 10.8. The number of pyridine rings is 1. The first-order chi connectivity index (χ1) is 7.92. The average Bonchev–Trinajstić information content (AvgIpc) is 3.05. The van der Waals surface area contributed by atoms with E-state index in [1.165, 1.54) is 11.8 Å².